The molecule has 0 bridgehead atoms. The van der Waals surface area contributed by atoms with Crippen molar-refractivity contribution in [3.05, 3.63) is 33.7 Å². The molecule has 1 N–H and O–H groups in total. The van der Waals surface area contributed by atoms with Crippen molar-refractivity contribution in [1.82, 2.24) is 0 Å². The number of aliphatic hydroxyl groups is 1. The van der Waals surface area contributed by atoms with Crippen LogP contribution in [0.25, 0.3) is 0 Å². The van der Waals surface area contributed by atoms with Crippen LogP contribution in [0.15, 0.2) is 18.7 Å². The fourth-order valence-corrected chi connectivity index (χ4v) is 2.44. The topological polar surface area (TPSA) is 66.6 Å². The van der Waals surface area contributed by atoms with Crippen molar-refractivity contribution < 1.29 is 10.0 Å². The maximum Gasteiger partial charge on any atom is 0.304 e. The van der Waals surface area contributed by atoms with Crippen molar-refractivity contribution >= 4 is 22.0 Å². The van der Waals surface area contributed by atoms with Crippen molar-refractivity contribution in [3.8, 4) is 0 Å². The fourth-order valence-electron chi connectivity index (χ4n) is 1.39. The van der Waals surface area contributed by atoms with Crippen molar-refractivity contribution in [1.29, 1.82) is 0 Å². The summed E-state index contributed by atoms with van der Waals surface area (Å²) in [5, 5.41) is 21.0. The quantitative estimate of drug-likeness (QED) is 0.483. The summed E-state index contributed by atoms with van der Waals surface area (Å²) in [6.45, 7) is 5.89. The predicted octanol–water partition coefficient (Wildman–Crippen LogP) is 2.72. The maximum atomic E-state index is 10.9. The van der Waals surface area contributed by atoms with E-state index in [1.165, 1.54) is 17.4 Å². The van der Waals surface area contributed by atoms with Gasteiger partial charge in [-0.15, -0.1) is 17.9 Å². The number of nitro groups is 1. The van der Waals surface area contributed by atoms with Crippen LogP contribution in [0.1, 0.15) is 24.3 Å². The zero-order chi connectivity index (χ0) is 13.0. The third kappa shape index (κ3) is 3.28. The SMILES string of the molecule is C=CCCN(C)c1sc(C(C)O)cc1[N+](=O)[O-]. The van der Waals surface area contributed by atoms with Gasteiger partial charge in [0.1, 0.15) is 0 Å². The van der Waals surface area contributed by atoms with E-state index in [4.69, 9.17) is 0 Å². The summed E-state index contributed by atoms with van der Waals surface area (Å²) in [5.74, 6) is 0. The molecule has 1 rings (SSSR count). The van der Waals surface area contributed by atoms with Gasteiger partial charge >= 0.3 is 5.69 Å². The van der Waals surface area contributed by atoms with Crippen LogP contribution < -0.4 is 4.90 Å². The van der Waals surface area contributed by atoms with Gasteiger partial charge in [-0.1, -0.05) is 6.08 Å². The highest BCUT2D eigenvalue weighted by atomic mass is 32.1. The summed E-state index contributed by atoms with van der Waals surface area (Å²) in [4.78, 5) is 12.9. The highest BCUT2D eigenvalue weighted by molar-refractivity contribution is 7.16. The predicted molar refractivity (Wildman–Crippen MR) is 69.7 cm³/mol. The normalized spacial score (nSPS) is 12.2. The molecule has 5 nitrogen and oxygen atoms in total. The van der Waals surface area contributed by atoms with E-state index >= 15 is 0 Å². The molecule has 0 aliphatic rings. The summed E-state index contributed by atoms with van der Waals surface area (Å²) in [6, 6.07) is 1.44. The molecule has 17 heavy (non-hydrogen) atoms. The van der Waals surface area contributed by atoms with Crippen LogP contribution in [0.5, 0.6) is 0 Å². The lowest BCUT2D eigenvalue weighted by Crippen LogP contribution is -2.17. The first-order valence-electron chi connectivity index (χ1n) is 5.25. The molecule has 94 valence electrons. The Labute approximate surface area is 104 Å². The standard InChI is InChI=1S/C11H16N2O3S/c1-4-5-6-12(3)11-9(13(15)16)7-10(17-11)8(2)14/h4,7-8,14H,1,5-6H2,2-3H3. The average molecular weight is 256 g/mol. The molecular weight excluding hydrogens is 240 g/mol. The molecule has 0 saturated carbocycles. The molecule has 1 atom stereocenters. The van der Waals surface area contributed by atoms with Gasteiger partial charge in [0.25, 0.3) is 0 Å². The Morgan fingerprint density at radius 2 is 2.41 bits per heavy atom. The van der Waals surface area contributed by atoms with Crippen LogP contribution >= 0.6 is 11.3 Å². The van der Waals surface area contributed by atoms with E-state index in [1.807, 2.05) is 4.90 Å². The van der Waals surface area contributed by atoms with E-state index in [-0.39, 0.29) is 5.69 Å². The van der Waals surface area contributed by atoms with Gasteiger partial charge in [0.2, 0.25) is 0 Å². The summed E-state index contributed by atoms with van der Waals surface area (Å²) < 4.78 is 0. The fraction of sp³-hybridized carbons (Fsp3) is 0.455. The van der Waals surface area contributed by atoms with Gasteiger partial charge in [-0.25, -0.2) is 0 Å². The molecule has 0 aromatic carbocycles. The molecule has 0 amide bonds. The minimum Gasteiger partial charge on any atom is -0.388 e. The second-order valence-electron chi connectivity index (χ2n) is 3.77. The van der Waals surface area contributed by atoms with E-state index in [9.17, 15) is 15.2 Å². The highest BCUT2D eigenvalue weighted by Crippen LogP contribution is 2.39. The minimum absolute atomic E-state index is 0.0532. The Morgan fingerprint density at radius 3 is 2.88 bits per heavy atom. The minimum atomic E-state index is -0.680. The van der Waals surface area contributed by atoms with Gasteiger partial charge in [-0.2, -0.15) is 0 Å². The molecule has 1 unspecified atom stereocenters. The number of hydrogen-bond acceptors (Lipinski definition) is 5. The van der Waals surface area contributed by atoms with Gasteiger partial charge < -0.3 is 10.0 Å². The van der Waals surface area contributed by atoms with Gasteiger partial charge in [0, 0.05) is 24.5 Å². The van der Waals surface area contributed by atoms with E-state index in [1.54, 1.807) is 20.0 Å². The Hall–Kier alpha value is -1.40. The molecule has 0 aliphatic heterocycles. The Balaban J connectivity index is 3.03. The van der Waals surface area contributed by atoms with Crippen molar-refractivity contribution in [2.24, 2.45) is 0 Å². The number of rotatable bonds is 6. The first-order valence-corrected chi connectivity index (χ1v) is 6.07. The first-order chi connectivity index (χ1) is 7.97. The number of hydrogen-bond donors (Lipinski definition) is 1. The van der Waals surface area contributed by atoms with E-state index < -0.39 is 11.0 Å². The van der Waals surface area contributed by atoms with Crippen molar-refractivity contribution in [2.75, 3.05) is 18.5 Å². The molecule has 0 fully saturated rings. The highest BCUT2D eigenvalue weighted by Gasteiger charge is 2.23. The Kier molecular flexibility index (Phi) is 4.65. The molecule has 1 aromatic heterocycles. The molecule has 0 saturated heterocycles. The smallest absolute Gasteiger partial charge is 0.304 e. The molecular formula is C11H16N2O3S. The maximum absolute atomic E-state index is 10.9. The molecule has 0 aliphatic carbocycles. The monoisotopic (exact) mass is 256 g/mol. The Bertz CT molecular complexity index is 415. The lowest BCUT2D eigenvalue weighted by Gasteiger charge is -2.15. The van der Waals surface area contributed by atoms with Crippen molar-refractivity contribution in [2.45, 2.75) is 19.4 Å². The van der Waals surface area contributed by atoms with Crippen LogP contribution in [-0.2, 0) is 0 Å². The van der Waals surface area contributed by atoms with Gasteiger partial charge in [0.15, 0.2) is 5.00 Å². The summed E-state index contributed by atoms with van der Waals surface area (Å²) in [7, 11) is 1.80. The van der Waals surface area contributed by atoms with Gasteiger partial charge in [-0.05, 0) is 13.3 Å². The summed E-state index contributed by atoms with van der Waals surface area (Å²) >= 11 is 1.25. The van der Waals surface area contributed by atoms with Crippen LogP contribution in [0.4, 0.5) is 10.7 Å². The zero-order valence-corrected chi connectivity index (χ0v) is 10.7. The van der Waals surface area contributed by atoms with E-state index in [2.05, 4.69) is 6.58 Å². The second kappa shape index (κ2) is 5.79. The van der Waals surface area contributed by atoms with E-state index in [0.29, 0.717) is 16.4 Å². The lowest BCUT2D eigenvalue weighted by molar-refractivity contribution is -0.383. The number of thiophene rings is 1. The molecule has 1 aromatic rings. The summed E-state index contributed by atoms with van der Waals surface area (Å²) in [6.07, 6.45) is 1.85. The van der Waals surface area contributed by atoms with Gasteiger partial charge in [0.05, 0.1) is 11.0 Å². The molecule has 1 heterocycles. The van der Waals surface area contributed by atoms with Crippen LogP contribution in [0.3, 0.4) is 0 Å². The molecule has 0 radical (unpaired) electrons. The molecule has 0 spiro atoms. The van der Waals surface area contributed by atoms with Crippen LogP contribution in [0, 0.1) is 10.1 Å². The lowest BCUT2D eigenvalue weighted by atomic mass is 10.3. The third-order valence-electron chi connectivity index (χ3n) is 2.34. The number of nitrogens with zero attached hydrogens (tertiary/aromatic N) is 2. The van der Waals surface area contributed by atoms with E-state index in [0.717, 1.165) is 6.42 Å². The summed E-state index contributed by atoms with van der Waals surface area (Å²) in [5.41, 5.74) is 0.0532. The average Bonchev–Trinajstić information content (AvgIpc) is 2.70. The zero-order valence-electron chi connectivity index (χ0n) is 9.92. The third-order valence-corrected chi connectivity index (χ3v) is 3.75. The molecule has 6 heteroatoms. The number of anilines is 1. The largest absolute Gasteiger partial charge is 0.388 e. The number of aliphatic hydroxyl groups excluding tert-OH is 1. The van der Waals surface area contributed by atoms with Gasteiger partial charge in [-0.3, -0.25) is 10.1 Å². The van der Waals surface area contributed by atoms with Crippen LogP contribution in [0.2, 0.25) is 0 Å². The second-order valence-corrected chi connectivity index (χ2v) is 4.83. The first kappa shape index (κ1) is 13.7. The Morgan fingerprint density at radius 1 is 1.76 bits per heavy atom. The van der Waals surface area contributed by atoms with Crippen LogP contribution in [-0.4, -0.2) is 23.6 Å². The van der Waals surface area contributed by atoms with Crippen molar-refractivity contribution in [3.63, 3.8) is 0 Å².